The molecular weight excluding hydrogens is 330 g/mol. The monoisotopic (exact) mass is 353 g/mol. The molecule has 1 aromatic rings. The van der Waals surface area contributed by atoms with Crippen LogP contribution in [0.5, 0.6) is 5.75 Å². The zero-order chi connectivity index (χ0) is 16.2. The number of rotatable bonds is 4. The Hall–Kier alpha value is -1.79. The summed E-state index contributed by atoms with van der Waals surface area (Å²) < 4.78 is 5.41. The Balaban J connectivity index is 0.00000208. The predicted octanol–water partition coefficient (Wildman–Crippen LogP) is 1.48. The van der Waals surface area contributed by atoms with Crippen molar-refractivity contribution in [2.75, 3.05) is 24.6 Å². The molecule has 1 fully saturated rings. The van der Waals surface area contributed by atoms with Gasteiger partial charge in [-0.2, -0.15) is 0 Å². The minimum Gasteiger partial charge on any atom is -0.482 e. The molecule has 0 aromatic heterocycles. The number of carbonyl (C=O) groups excluding carboxylic acids is 2. The van der Waals surface area contributed by atoms with Crippen LogP contribution in [-0.2, 0) is 9.59 Å². The van der Waals surface area contributed by atoms with Gasteiger partial charge in [0.15, 0.2) is 6.61 Å². The van der Waals surface area contributed by atoms with Crippen LogP contribution in [0.25, 0.3) is 0 Å². The lowest BCUT2D eigenvalue weighted by Gasteiger charge is -2.32. The normalized spacial score (nSPS) is 22.9. The third-order valence-electron chi connectivity index (χ3n) is 4.48. The van der Waals surface area contributed by atoms with E-state index >= 15 is 0 Å². The van der Waals surface area contributed by atoms with Gasteiger partial charge in [-0.15, -0.1) is 12.4 Å². The van der Waals surface area contributed by atoms with Gasteiger partial charge in [-0.05, 0) is 38.4 Å². The fraction of sp³-hybridized carbons (Fsp3) is 0.529. The maximum Gasteiger partial charge on any atom is 0.265 e. The lowest BCUT2D eigenvalue weighted by Crippen LogP contribution is -2.52. The number of nitrogens with zero attached hydrogens (tertiary/aromatic N) is 1. The summed E-state index contributed by atoms with van der Waals surface area (Å²) in [5, 5.41) is 6.44. The standard InChI is InChI=1S/C17H23N3O3.ClH/c1-12-13(5-4-9-18-12)19-16(21)8-10-20-14-6-2-3-7-15(14)23-11-17(20)22;/h2-3,6-7,12-13,18H,4-5,8-11H2,1H3,(H,19,21);1H. The van der Waals surface area contributed by atoms with Gasteiger partial charge < -0.3 is 20.3 Å². The summed E-state index contributed by atoms with van der Waals surface area (Å²) in [5.41, 5.74) is 0.740. The zero-order valence-electron chi connectivity index (χ0n) is 13.8. The molecule has 0 bridgehead atoms. The van der Waals surface area contributed by atoms with Crippen molar-refractivity contribution in [3.8, 4) is 5.75 Å². The van der Waals surface area contributed by atoms with E-state index in [0.717, 1.165) is 25.1 Å². The number of fused-ring (bicyclic) bond motifs is 1. The molecule has 2 amide bonds. The van der Waals surface area contributed by atoms with Gasteiger partial charge in [0.1, 0.15) is 5.75 Å². The van der Waals surface area contributed by atoms with E-state index in [0.29, 0.717) is 24.8 Å². The molecule has 3 rings (SSSR count). The smallest absolute Gasteiger partial charge is 0.265 e. The Labute approximate surface area is 148 Å². The van der Waals surface area contributed by atoms with Crippen LogP contribution >= 0.6 is 12.4 Å². The number of amides is 2. The van der Waals surface area contributed by atoms with Crippen molar-refractivity contribution < 1.29 is 14.3 Å². The second kappa shape index (κ2) is 8.35. The van der Waals surface area contributed by atoms with Crippen LogP contribution in [0, 0.1) is 0 Å². The number of carbonyl (C=O) groups is 2. The van der Waals surface area contributed by atoms with Crippen molar-refractivity contribution in [3.63, 3.8) is 0 Å². The Bertz CT molecular complexity index is 596. The summed E-state index contributed by atoms with van der Waals surface area (Å²) in [4.78, 5) is 25.9. The van der Waals surface area contributed by atoms with Crippen LogP contribution < -0.4 is 20.3 Å². The zero-order valence-corrected chi connectivity index (χ0v) is 14.6. The molecule has 2 aliphatic heterocycles. The number of hydrogen-bond acceptors (Lipinski definition) is 4. The maximum atomic E-state index is 12.2. The number of ether oxygens (including phenoxy) is 1. The molecule has 1 aromatic carbocycles. The van der Waals surface area contributed by atoms with Gasteiger partial charge in [-0.1, -0.05) is 12.1 Å². The van der Waals surface area contributed by atoms with Crippen LogP contribution in [0.15, 0.2) is 24.3 Å². The Morgan fingerprint density at radius 2 is 2.21 bits per heavy atom. The van der Waals surface area contributed by atoms with Gasteiger partial charge in [0, 0.05) is 25.0 Å². The van der Waals surface area contributed by atoms with Gasteiger partial charge in [0.25, 0.3) is 5.91 Å². The van der Waals surface area contributed by atoms with Crippen molar-refractivity contribution >= 4 is 29.9 Å². The minimum absolute atomic E-state index is 0. The molecule has 24 heavy (non-hydrogen) atoms. The first-order chi connectivity index (χ1) is 11.1. The van der Waals surface area contributed by atoms with Gasteiger partial charge >= 0.3 is 0 Å². The van der Waals surface area contributed by atoms with E-state index in [-0.39, 0.29) is 36.9 Å². The third-order valence-corrected chi connectivity index (χ3v) is 4.48. The van der Waals surface area contributed by atoms with E-state index in [1.165, 1.54) is 0 Å². The van der Waals surface area contributed by atoms with E-state index in [2.05, 4.69) is 17.6 Å². The molecule has 132 valence electrons. The molecular formula is C17H24ClN3O3. The molecule has 0 radical (unpaired) electrons. The molecule has 0 saturated carbocycles. The molecule has 2 N–H and O–H groups in total. The fourth-order valence-electron chi connectivity index (χ4n) is 3.13. The number of anilines is 1. The Morgan fingerprint density at radius 3 is 3.00 bits per heavy atom. The summed E-state index contributed by atoms with van der Waals surface area (Å²) >= 11 is 0. The molecule has 7 heteroatoms. The van der Waals surface area contributed by atoms with Crippen LogP contribution in [-0.4, -0.2) is 43.6 Å². The number of nitrogens with one attached hydrogen (secondary N) is 2. The highest BCUT2D eigenvalue weighted by Crippen LogP contribution is 2.31. The lowest BCUT2D eigenvalue weighted by atomic mass is 10.00. The topological polar surface area (TPSA) is 70.7 Å². The summed E-state index contributed by atoms with van der Waals surface area (Å²) in [7, 11) is 0. The van der Waals surface area contributed by atoms with Crippen LogP contribution in [0.4, 0.5) is 5.69 Å². The highest BCUT2D eigenvalue weighted by molar-refractivity contribution is 5.98. The summed E-state index contributed by atoms with van der Waals surface area (Å²) in [6.45, 7) is 3.50. The maximum absolute atomic E-state index is 12.2. The second-order valence-electron chi connectivity index (χ2n) is 6.11. The highest BCUT2D eigenvalue weighted by Gasteiger charge is 2.26. The van der Waals surface area contributed by atoms with Crippen LogP contribution in [0.1, 0.15) is 26.2 Å². The number of para-hydroxylation sites is 2. The first-order valence-corrected chi connectivity index (χ1v) is 8.20. The summed E-state index contributed by atoms with van der Waals surface area (Å²) in [6, 6.07) is 7.88. The van der Waals surface area contributed by atoms with E-state index in [1.54, 1.807) is 4.90 Å². The highest BCUT2D eigenvalue weighted by atomic mass is 35.5. The molecule has 2 unspecified atom stereocenters. The number of piperidine rings is 1. The quantitative estimate of drug-likeness (QED) is 0.860. The molecule has 1 saturated heterocycles. The van der Waals surface area contributed by atoms with Crippen molar-refractivity contribution in [1.29, 1.82) is 0 Å². The largest absolute Gasteiger partial charge is 0.482 e. The van der Waals surface area contributed by atoms with E-state index < -0.39 is 0 Å². The van der Waals surface area contributed by atoms with Gasteiger partial charge in [-0.3, -0.25) is 9.59 Å². The molecule has 6 nitrogen and oxygen atoms in total. The van der Waals surface area contributed by atoms with E-state index in [1.807, 2.05) is 24.3 Å². The van der Waals surface area contributed by atoms with Crippen molar-refractivity contribution in [2.45, 2.75) is 38.3 Å². The van der Waals surface area contributed by atoms with Gasteiger partial charge in [-0.25, -0.2) is 0 Å². The first-order valence-electron chi connectivity index (χ1n) is 8.20. The van der Waals surface area contributed by atoms with Gasteiger partial charge in [0.05, 0.1) is 5.69 Å². The van der Waals surface area contributed by atoms with Crippen molar-refractivity contribution in [2.24, 2.45) is 0 Å². The Kier molecular flexibility index (Phi) is 6.45. The fourth-order valence-corrected chi connectivity index (χ4v) is 3.13. The SMILES string of the molecule is CC1NCCCC1NC(=O)CCN1C(=O)COc2ccccc21.Cl. The average molecular weight is 354 g/mol. The minimum atomic E-state index is -0.107. The average Bonchev–Trinajstić information content (AvgIpc) is 2.56. The van der Waals surface area contributed by atoms with Crippen LogP contribution in [0.3, 0.4) is 0 Å². The first kappa shape index (κ1) is 18.5. The predicted molar refractivity (Wildman–Crippen MR) is 94.8 cm³/mol. The molecule has 0 aliphatic carbocycles. The second-order valence-corrected chi connectivity index (χ2v) is 6.11. The molecule has 2 atom stereocenters. The molecule has 2 aliphatic rings. The van der Waals surface area contributed by atoms with Crippen molar-refractivity contribution in [1.82, 2.24) is 10.6 Å². The van der Waals surface area contributed by atoms with Crippen molar-refractivity contribution in [3.05, 3.63) is 24.3 Å². The number of halogens is 1. The number of benzene rings is 1. The Morgan fingerprint density at radius 1 is 1.42 bits per heavy atom. The lowest BCUT2D eigenvalue weighted by molar-refractivity contribution is -0.122. The van der Waals surface area contributed by atoms with Crippen LogP contribution in [0.2, 0.25) is 0 Å². The van der Waals surface area contributed by atoms with Gasteiger partial charge in [0.2, 0.25) is 5.91 Å². The number of hydrogen-bond donors (Lipinski definition) is 2. The molecule has 0 spiro atoms. The van der Waals surface area contributed by atoms with E-state index in [4.69, 9.17) is 4.74 Å². The molecule has 2 heterocycles. The summed E-state index contributed by atoms with van der Waals surface area (Å²) in [5.74, 6) is 0.573. The third kappa shape index (κ3) is 4.19. The summed E-state index contributed by atoms with van der Waals surface area (Å²) in [6.07, 6.45) is 2.37. The van der Waals surface area contributed by atoms with E-state index in [9.17, 15) is 9.59 Å².